The fraction of sp³-hybridized carbons (Fsp3) is 0.438. The van der Waals surface area contributed by atoms with Gasteiger partial charge < -0.3 is 15.0 Å². The highest BCUT2D eigenvalue weighted by Gasteiger charge is 2.07. The standard InChI is InChI=1S/C16H23N3OS/c1-4-19(5-2)16-18-12-15(21-16)11-17-10-13-6-8-14(20-3)9-7-13/h6-9,12,17H,4-5,10-11H2,1-3H3. The Morgan fingerprint density at radius 1 is 1.14 bits per heavy atom. The molecule has 0 radical (unpaired) electrons. The minimum absolute atomic E-state index is 0.850. The van der Waals surface area contributed by atoms with Crippen LogP contribution in [0.15, 0.2) is 30.5 Å². The molecule has 0 amide bonds. The number of anilines is 1. The summed E-state index contributed by atoms with van der Waals surface area (Å²) >= 11 is 1.76. The van der Waals surface area contributed by atoms with Crippen molar-refractivity contribution in [3.63, 3.8) is 0 Å². The molecule has 21 heavy (non-hydrogen) atoms. The molecule has 0 unspecified atom stereocenters. The molecule has 1 aromatic carbocycles. The second kappa shape index (κ2) is 8.00. The van der Waals surface area contributed by atoms with Crippen LogP contribution in [-0.2, 0) is 13.1 Å². The highest BCUT2D eigenvalue weighted by molar-refractivity contribution is 7.15. The van der Waals surface area contributed by atoms with E-state index in [1.807, 2.05) is 18.3 Å². The third-order valence-corrected chi connectivity index (χ3v) is 4.42. The van der Waals surface area contributed by atoms with Crippen LogP contribution in [0.25, 0.3) is 0 Å². The highest BCUT2D eigenvalue weighted by Crippen LogP contribution is 2.22. The van der Waals surface area contributed by atoms with Gasteiger partial charge in [0.2, 0.25) is 0 Å². The molecule has 0 bridgehead atoms. The van der Waals surface area contributed by atoms with Crippen LogP contribution in [0, 0.1) is 0 Å². The predicted molar refractivity (Wildman–Crippen MR) is 89.2 cm³/mol. The molecule has 0 atom stereocenters. The molecule has 1 heterocycles. The molecule has 2 aromatic rings. The molecular formula is C16H23N3OS. The van der Waals surface area contributed by atoms with Crippen LogP contribution in [0.1, 0.15) is 24.3 Å². The zero-order valence-corrected chi connectivity index (χ0v) is 13.7. The maximum absolute atomic E-state index is 5.16. The van der Waals surface area contributed by atoms with Gasteiger partial charge in [0.1, 0.15) is 5.75 Å². The van der Waals surface area contributed by atoms with E-state index in [9.17, 15) is 0 Å². The summed E-state index contributed by atoms with van der Waals surface area (Å²) in [6, 6.07) is 8.14. The van der Waals surface area contributed by atoms with E-state index < -0.39 is 0 Å². The normalized spacial score (nSPS) is 10.6. The smallest absolute Gasteiger partial charge is 0.185 e. The van der Waals surface area contributed by atoms with Gasteiger partial charge in [0.15, 0.2) is 5.13 Å². The van der Waals surface area contributed by atoms with Crippen molar-refractivity contribution in [3.05, 3.63) is 40.9 Å². The lowest BCUT2D eigenvalue weighted by Crippen LogP contribution is -2.21. The molecule has 4 nitrogen and oxygen atoms in total. The Balaban J connectivity index is 1.82. The van der Waals surface area contributed by atoms with Gasteiger partial charge in [0.05, 0.1) is 7.11 Å². The summed E-state index contributed by atoms with van der Waals surface area (Å²) in [6.45, 7) is 8.03. The quantitative estimate of drug-likeness (QED) is 0.812. The van der Waals surface area contributed by atoms with E-state index >= 15 is 0 Å². The van der Waals surface area contributed by atoms with Crippen molar-refractivity contribution < 1.29 is 4.74 Å². The molecular weight excluding hydrogens is 282 g/mol. The van der Waals surface area contributed by atoms with Gasteiger partial charge in [-0.05, 0) is 31.5 Å². The van der Waals surface area contributed by atoms with Gasteiger partial charge >= 0.3 is 0 Å². The fourth-order valence-corrected chi connectivity index (χ4v) is 3.10. The molecule has 1 N–H and O–H groups in total. The van der Waals surface area contributed by atoms with Crippen molar-refractivity contribution in [1.29, 1.82) is 0 Å². The van der Waals surface area contributed by atoms with E-state index in [4.69, 9.17) is 4.74 Å². The SMILES string of the molecule is CCN(CC)c1ncc(CNCc2ccc(OC)cc2)s1. The first-order chi connectivity index (χ1) is 10.3. The summed E-state index contributed by atoms with van der Waals surface area (Å²) in [7, 11) is 1.69. The Hall–Kier alpha value is -1.59. The molecule has 0 saturated carbocycles. The van der Waals surface area contributed by atoms with Gasteiger partial charge in [-0.1, -0.05) is 12.1 Å². The number of hydrogen-bond acceptors (Lipinski definition) is 5. The number of ether oxygens (including phenoxy) is 1. The summed E-state index contributed by atoms with van der Waals surface area (Å²) in [5.41, 5.74) is 1.25. The van der Waals surface area contributed by atoms with Crippen molar-refractivity contribution in [2.45, 2.75) is 26.9 Å². The van der Waals surface area contributed by atoms with Gasteiger partial charge in [0, 0.05) is 37.3 Å². The van der Waals surface area contributed by atoms with Crippen LogP contribution in [-0.4, -0.2) is 25.2 Å². The summed E-state index contributed by atoms with van der Waals surface area (Å²) in [5.74, 6) is 0.894. The summed E-state index contributed by atoms with van der Waals surface area (Å²) < 4.78 is 5.16. The number of benzene rings is 1. The van der Waals surface area contributed by atoms with Gasteiger partial charge in [-0.15, -0.1) is 11.3 Å². The third-order valence-electron chi connectivity index (χ3n) is 3.36. The number of hydrogen-bond donors (Lipinski definition) is 1. The summed E-state index contributed by atoms with van der Waals surface area (Å²) in [6.07, 6.45) is 1.97. The van der Waals surface area contributed by atoms with Gasteiger partial charge in [0.25, 0.3) is 0 Å². The number of aromatic nitrogens is 1. The second-order valence-corrected chi connectivity index (χ2v) is 5.83. The Bertz CT molecular complexity index is 535. The first-order valence-electron chi connectivity index (χ1n) is 7.30. The average molecular weight is 305 g/mol. The van der Waals surface area contributed by atoms with Crippen LogP contribution >= 0.6 is 11.3 Å². The number of methoxy groups -OCH3 is 1. The van der Waals surface area contributed by atoms with Crippen molar-refractivity contribution >= 4 is 16.5 Å². The zero-order chi connectivity index (χ0) is 15.1. The van der Waals surface area contributed by atoms with Gasteiger partial charge in [-0.25, -0.2) is 4.98 Å². The van der Waals surface area contributed by atoms with E-state index in [-0.39, 0.29) is 0 Å². The summed E-state index contributed by atoms with van der Waals surface area (Å²) in [4.78, 5) is 8.04. The molecule has 1 aromatic heterocycles. The first kappa shape index (κ1) is 15.8. The Morgan fingerprint density at radius 2 is 1.86 bits per heavy atom. The van der Waals surface area contributed by atoms with E-state index in [1.54, 1.807) is 18.4 Å². The molecule has 0 saturated heterocycles. The van der Waals surface area contributed by atoms with Crippen LogP contribution in [0.3, 0.4) is 0 Å². The average Bonchev–Trinajstić information content (AvgIpc) is 2.98. The third kappa shape index (κ3) is 4.44. The molecule has 0 aliphatic heterocycles. The molecule has 0 spiro atoms. The lowest BCUT2D eigenvalue weighted by molar-refractivity contribution is 0.414. The predicted octanol–water partition coefficient (Wildman–Crippen LogP) is 3.29. The second-order valence-electron chi connectivity index (χ2n) is 4.73. The number of nitrogens with one attached hydrogen (secondary N) is 1. The van der Waals surface area contributed by atoms with Gasteiger partial charge in [-0.2, -0.15) is 0 Å². The van der Waals surface area contributed by atoms with Gasteiger partial charge in [-0.3, -0.25) is 0 Å². The molecule has 0 aliphatic rings. The Morgan fingerprint density at radius 3 is 2.48 bits per heavy atom. The van der Waals surface area contributed by atoms with Crippen LogP contribution in [0.4, 0.5) is 5.13 Å². The van der Waals surface area contributed by atoms with Crippen molar-refractivity contribution in [2.75, 3.05) is 25.1 Å². The zero-order valence-electron chi connectivity index (χ0n) is 12.9. The van der Waals surface area contributed by atoms with Crippen LogP contribution < -0.4 is 15.0 Å². The molecule has 5 heteroatoms. The number of thiazole rings is 1. The monoisotopic (exact) mass is 305 g/mol. The molecule has 0 fully saturated rings. The Labute approximate surface area is 130 Å². The van der Waals surface area contributed by atoms with Crippen LogP contribution in [0.5, 0.6) is 5.75 Å². The van der Waals surface area contributed by atoms with E-state index in [0.29, 0.717) is 0 Å². The number of nitrogens with zero attached hydrogens (tertiary/aromatic N) is 2. The van der Waals surface area contributed by atoms with Crippen molar-refractivity contribution in [2.24, 2.45) is 0 Å². The largest absolute Gasteiger partial charge is 0.497 e. The summed E-state index contributed by atoms with van der Waals surface area (Å²) in [5, 5.41) is 4.57. The van der Waals surface area contributed by atoms with Crippen molar-refractivity contribution in [1.82, 2.24) is 10.3 Å². The van der Waals surface area contributed by atoms with E-state index in [1.165, 1.54) is 10.4 Å². The lowest BCUT2D eigenvalue weighted by Gasteiger charge is -2.16. The topological polar surface area (TPSA) is 37.4 Å². The first-order valence-corrected chi connectivity index (χ1v) is 8.11. The molecule has 114 valence electrons. The maximum atomic E-state index is 5.16. The fourth-order valence-electron chi connectivity index (χ4n) is 2.09. The van der Waals surface area contributed by atoms with E-state index in [0.717, 1.165) is 37.1 Å². The number of rotatable bonds is 8. The molecule has 0 aliphatic carbocycles. The van der Waals surface area contributed by atoms with Crippen LogP contribution in [0.2, 0.25) is 0 Å². The molecule has 2 rings (SSSR count). The van der Waals surface area contributed by atoms with Crippen molar-refractivity contribution in [3.8, 4) is 5.75 Å². The lowest BCUT2D eigenvalue weighted by atomic mass is 10.2. The minimum atomic E-state index is 0.850. The minimum Gasteiger partial charge on any atom is -0.497 e. The highest BCUT2D eigenvalue weighted by atomic mass is 32.1. The maximum Gasteiger partial charge on any atom is 0.185 e. The Kier molecular flexibility index (Phi) is 6.02. The van der Waals surface area contributed by atoms with E-state index in [2.05, 4.69) is 41.2 Å².